The van der Waals surface area contributed by atoms with Gasteiger partial charge in [0.05, 0.1) is 29.3 Å². The van der Waals surface area contributed by atoms with Gasteiger partial charge < -0.3 is 24.3 Å². The van der Waals surface area contributed by atoms with Gasteiger partial charge in [0.2, 0.25) is 0 Å². The molecule has 1 aliphatic rings. The Kier molecular flexibility index (Phi) is 5.91. The molecule has 4 aromatic rings. The number of ether oxygens (including phenoxy) is 1. The number of nitrogens with zero attached hydrogens (tertiary/aromatic N) is 4. The van der Waals surface area contributed by atoms with Crippen molar-refractivity contribution in [3.63, 3.8) is 0 Å². The SMILES string of the molecule is COc1ccc(Cl)cc1NC(=O)N1CCCN(c2nc3cc(Cl)ccc3n3cccc23)CC1. The molecule has 1 saturated heterocycles. The minimum Gasteiger partial charge on any atom is -0.495 e. The maximum Gasteiger partial charge on any atom is 0.322 e. The number of methoxy groups -OCH3 is 1. The maximum absolute atomic E-state index is 13.0. The van der Waals surface area contributed by atoms with Crippen LogP contribution in [0.4, 0.5) is 16.3 Å². The van der Waals surface area contributed by atoms with Gasteiger partial charge >= 0.3 is 6.03 Å². The quantitative estimate of drug-likeness (QED) is 0.415. The summed E-state index contributed by atoms with van der Waals surface area (Å²) in [7, 11) is 1.56. The second-order valence-corrected chi connectivity index (χ2v) is 8.81. The second kappa shape index (κ2) is 9.00. The molecule has 0 saturated carbocycles. The molecule has 33 heavy (non-hydrogen) atoms. The molecule has 7 nitrogen and oxygen atoms in total. The van der Waals surface area contributed by atoms with Crippen LogP contribution in [0.15, 0.2) is 54.7 Å². The molecule has 9 heteroatoms. The van der Waals surface area contributed by atoms with E-state index in [0.29, 0.717) is 41.1 Å². The topological polar surface area (TPSA) is 62.1 Å². The van der Waals surface area contributed by atoms with Gasteiger partial charge in [-0.25, -0.2) is 9.78 Å². The van der Waals surface area contributed by atoms with Crippen molar-refractivity contribution in [2.75, 3.05) is 43.5 Å². The van der Waals surface area contributed by atoms with Crippen molar-refractivity contribution in [3.8, 4) is 5.75 Å². The number of aromatic nitrogens is 2. The number of nitrogens with one attached hydrogen (secondary N) is 1. The summed E-state index contributed by atoms with van der Waals surface area (Å²) in [5.41, 5.74) is 3.44. The molecule has 1 N–H and O–H groups in total. The Hall–Kier alpha value is -3.16. The van der Waals surface area contributed by atoms with Crippen LogP contribution in [-0.2, 0) is 0 Å². The van der Waals surface area contributed by atoms with E-state index in [0.717, 1.165) is 35.3 Å². The Labute approximate surface area is 201 Å². The van der Waals surface area contributed by atoms with E-state index in [4.69, 9.17) is 32.9 Å². The molecule has 5 rings (SSSR count). The van der Waals surface area contributed by atoms with Gasteiger partial charge in [-0.1, -0.05) is 23.2 Å². The number of hydrogen-bond acceptors (Lipinski definition) is 4. The van der Waals surface area contributed by atoms with Crippen LogP contribution in [0.3, 0.4) is 0 Å². The molecule has 0 bridgehead atoms. The highest BCUT2D eigenvalue weighted by atomic mass is 35.5. The van der Waals surface area contributed by atoms with Crippen LogP contribution in [0, 0.1) is 0 Å². The van der Waals surface area contributed by atoms with Crippen molar-refractivity contribution in [1.82, 2.24) is 14.3 Å². The number of anilines is 2. The third-order valence-electron chi connectivity index (χ3n) is 5.89. The van der Waals surface area contributed by atoms with Gasteiger partial charge in [-0.15, -0.1) is 0 Å². The van der Waals surface area contributed by atoms with Crippen LogP contribution in [0.5, 0.6) is 5.75 Å². The number of carbonyl (C=O) groups is 1. The van der Waals surface area contributed by atoms with Gasteiger partial charge in [0.25, 0.3) is 0 Å². The maximum atomic E-state index is 13.0. The lowest BCUT2D eigenvalue weighted by Crippen LogP contribution is -2.38. The zero-order valence-corrected chi connectivity index (χ0v) is 19.6. The van der Waals surface area contributed by atoms with E-state index in [-0.39, 0.29) is 6.03 Å². The lowest BCUT2D eigenvalue weighted by molar-refractivity contribution is 0.215. The third kappa shape index (κ3) is 4.26. The smallest absolute Gasteiger partial charge is 0.322 e. The number of rotatable bonds is 3. The van der Waals surface area contributed by atoms with Crippen molar-refractivity contribution in [1.29, 1.82) is 0 Å². The van der Waals surface area contributed by atoms with Crippen LogP contribution in [-0.4, -0.2) is 53.6 Å². The van der Waals surface area contributed by atoms with Crippen molar-refractivity contribution < 1.29 is 9.53 Å². The van der Waals surface area contributed by atoms with Gasteiger partial charge in [-0.3, -0.25) is 0 Å². The average molecular weight is 484 g/mol. The van der Waals surface area contributed by atoms with Crippen LogP contribution in [0.2, 0.25) is 10.0 Å². The highest BCUT2D eigenvalue weighted by Crippen LogP contribution is 2.29. The van der Waals surface area contributed by atoms with Gasteiger partial charge in [0.15, 0.2) is 5.82 Å². The Balaban J connectivity index is 1.37. The molecule has 2 aromatic carbocycles. The first-order valence-electron chi connectivity index (χ1n) is 10.7. The molecule has 0 aliphatic carbocycles. The summed E-state index contributed by atoms with van der Waals surface area (Å²) >= 11 is 12.3. The molecule has 0 unspecified atom stereocenters. The fraction of sp³-hybridized carbons (Fsp3) is 0.250. The molecule has 1 fully saturated rings. The van der Waals surface area contributed by atoms with Gasteiger partial charge in [0, 0.05) is 42.4 Å². The van der Waals surface area contributed by atoms with Crippen LogP contribution in [0.1, 0.15) is 6.42 Å². The average Bonchev–Trinajstić information content (AvgIpc) is 3.16. The Morgan fingerprint density at radius 2 is 1.82 bits per heavy atom. The molecule has 0 spiro atoms. The Morgan fingerprint density at radius 1 is 1.00 bits per heavy atom. The summed E-state index contributed by atoms with van der Waals surface area (Å²) in [5, 5.41) is 4.12. The van der Waals surface area contributed by atoms with Gasteiger partial charge in [-0.05, 0) is 55.0 Å². The van der Waals surface area contributed by atoms with E-state index in [1.807, 2.05) is 35.4 Å². The minimum absolute atomic E-state index is 0.177. The molecule has 1 aliphatic heterocycles. The van der Waals surface area contributed by atoms with Crippen LogP contribution >= 0.6 is 23.2 Å². The predicted molar refractivity (Wildman–Crippen MR) is 133 cm³/mol. The summed E-state index contributed by atoms with van der Waals surface area (Å²) in [4.78, 5) is 22.0. The largest absolute Gasteiger partial charge is 0.495 e. The summed E-state index contributed by atoms with van der Waals surface area (Å²) in [5.74, 6) is 1.47. The fourth-order valence-electron chi connectivity index (χ4n) is 4.27. The summed E-state index contributed by atoms with van der Waals surface area (Å²) in [6.07, 6.45) is 2.86. The fourth-order valence-corrected chi connectivity index (χ4v) is 4.61. The van der Waals surface area contributed by atoms with Gasteiger partial charge in [0.1, 0.15) is 5.75 Å². The summed E-state index contributed by atoms with van der Waals surface area (Å²) < 4.78 is 7.48. The summed E-state index contributed by atoms with van der Waals surface area (Å²) in [6, 6.07) is 14.8. The van der Waals surface area contributed by atoms with Crippen molar-refractivity contribution in [2.45, 2.75) is 6.42 Å². The van der Waals surface area contributed by atoms with Crippen LogP contribution in [0.25, 0.3) is 16.6 Å². The first kappa shape index (κ1) is 21.7. The van der Waals surface area contributed by atoms with E-state index >= 15 is 0 Å². The zero-order chi connectivity index (χ0) is 22.9. The Bertz CT molecular complexity index is 1340. The first-order valence-corrected chi connectivity index (χ1v) is 11.5. The number of carbonyl (C=O) groups excluding carboxylic acids is 1. The van der Waals surface area contributed by atoms with E-state index in [9.17, 15) is 4.79 Å². The second-order valence-electron chi connectivity index (χ2n) is 7.93. The Morgan fingerprint density at radius 3 is 2.67 bits per heavy atom. The van der Waals surface area contributed by atoms with Crippen LogP contribution < -0.4 is 15.0 Å². The molecular weight excluding hydrogens is 461 g/mol. The minimum atomic E-state index is -0.177. The lowest BCUT2D eigenvalue weighted by atomic mass is 10.2. The summed E-state index contributed by atoms with van der Waals surface area (Å²) in [6.45, 7) is 2.67. The van der Waals surface area contributed by atoms with Crippen molar-refractivity contribution >= 4 is 57.3 Å². The normalized spacial score (nSPS) is 14.5. The monoisotopic (exact) mass is 483 g/mol. The van der Waals surface area contributed by atoms with Gasteiger partial charge in [-0.2, -0.15) is 0 Å². The standard InChI is InChI=1S/C24H23Cl2N5O2/c1-33-22-8-6-17(26)15-19(22)28-24(32)30-10-3-9-29(12-13-30)23-21-4-2-11-31(21)20-7-5-16(25)14-18(20)27-23/h2,4-8,11,14-15H,3,9-10,12-13H2,1H3,(H,28,32). The molecule has 2 amide bonds. The highest BCUT2D eigenvalue weighted by molar-refractivity contribution is 6.31. The number of benzene rings is 2. The lowest BCUT2D eigenvalue weighted by Gasteiger charge is -2.24. The molecule has 0 radical (unpaired) electrons. The number of fused-ring (bicyclic) bond motifs is 3. The molecule has 0 atom stereocenters. The molecule has 2 aromatic heterocycles. The predicted octanol–water partition coefficient (Wildman–Crippen LogP) is 5.55. The van der Waals surface area contributed by atoms with E-state index in [2.05, 4.69) is 20.7 Å². The molecule has 170 valence electrons. The number of hydrogen-bond donors (Lipinski definition) is 1. The first-order chi connectivity index (χ1) is 16.0. The molecule has 3 heterocycles. The van der Waals surface area contributed by atoms with E-state index in [1.165, 1.54) is 0 Å². The number of urea groups is 1. The molecular formula is C24H23Cl2N5O2. The van der Waals surface area contributed by atoms with Crippen molar-refractivity contribution in [2.24, 2.45) is 0 Å². The number of halogens is 2. The van der Waals surface area contributed by atoms with Crippen molar-refractivity contribution in [3.05, 3.63) is 64.8 Å². The number of amides is 2. The highest BCUT2D eigenvalue weighted by Gasteiger charge is 2.23. The van der Waals surface area contributed by atoms with E-state index in [1.54, 1.807) is 25.3 Å². The zero-order valence-electron chi connectivity index (χ0n) is 18.1. The third-order valence-corrected chi connectivity index (χ3v) is 6.36. The van der Waals surface area contributed by atoms with E-state index < -0.39 is 0 Å².